The van der Waals surface area contributed by atoms with Gasteiger partial charge in [-0.3, -0.25) is 9.59 Å². The molecule has 1 unspecified atom stereocenters. The maximum Gasteiger partial charge on any atom is 0.310 e. The van der Waals surface area contributed by atoms with E-state index in [1.165, 1.54) is 18.9 Å². The third kappa shape index (κ3) is 3.37. The van der Waals surface area contributed by atoms with Gasteiger partial charge in [0.15, 0.2) is 0 Å². The topological polar surface area (TPSA) is 46.6 Å². The number of esters is 1. The van der Waals surface area contributed by atoms with Gasteiger partial charge in [0.05, 0.1) is 13.0 Å². The summed E-state index contributed by atoms with van der Waals surface area (Å²) in [5, 5.41) is 0. The van der Waals surface area contributed by atoms with E-state index in [9.17, 15) is 9.59 Å². The summed E-state index contributed by atoms with van der Waals surface area (Å²) >= 11 is 0. The number of amides is 1. The molecular formula is C8H15NO3. The lowest BCUT2D eigenvalue weighted by molar-refractivity contribution is -0.146. The van der Waals surface area contributed by atoms with Gasteiger partial charge < -0.3 is 9.64 Å². The van der Waals surface area contributed by atoms with Crippen LogP contribution in [0.4, 0.5) is 0 Å². The zero-order valence-electron chi connectivity index (χ0n) is 7.96. The number of carbonyl (C=O) groups is 2. The Bertz CT molecular complexity index is 179. The van der Waals surface area contributed by atoms with Crippen LogP contribution in [0.1, 0.15) is 13.8 Å². The molecule has 0 aromatic carbocycles. The molecule has 0 N–H and O–H groups in total. The molecule has 0 bridgehead atoms. The number of nitrogens with zero attached hydrogens (tertiary/aromatic N) is 1. The highest BCUT2D eigenvalue weighted by molar-refractivity contribution is 5.75. The monoisotopic (exact) mass is 173 g/mol. The Morgan fingerprint density at radius 3 is 2.33 bits per heavy atom. The second kappa shape index (κ2) is 4.74. The first kappa shape index (κ1) is 10.9. The maximum atomic E-state index is 10.9. The average Bonchev–Trinajstić information content (AvgIpc) is 2.02. The normalized spacial score (nSPS) is 12.0. The molecular weight excluding hydrogens is 158 g/mol. The van der Waals surface area contributed by atoms with Crippen LogP contribution in [0.15, 0.2) is 0 Å². The highest BCUT2D eigenvalue weighted by Gasteiger charge is 2.16. The third-order valence-corrected chi connectivity index (χ3v) is 1.69. The van der Waals surface area contributed by atoms with E-state index in [1.807, 2.05) is 0 Å². The molecule has 0 saturated carbocycles. The van der Waals surface area contributed by atoms with Gasteiger partial charge in [-0.25, -0.2) is 0 Å². The molecule has 0 fully saturated rings. The standard InChI is InChI=1S/C8H15NO3/c1-6(8(11)12-4)5-9(3)7(2)10/h6H,5H2,1-4H3. The molecule has 0 aliphatic carbocycles. The Balaban J connectivity index is 3.91. The van der Waals surface area contributed by atoms with Gasteiger partial charge in [0, 0.05) is 20.5 Å². The molecule has 0 aliphatic heterocycles. The van der Waals surface area contributed by atoms with E-state index in [2.05, 4.69) is 4.74 Å². The Labute approximate surface area is 72.5 Å². The van der Waals surface area contributed by atoms with E-state index >= 15 is 0 Å². The van der Waals surface area contributed by atoms with Crippen molar-refractivity contribution in [3.05, 3.63) is 0 Å². The summed E-state index contributed by atoms with van der Waals surface area (Å²) in [6, 6.07) is 0. The number of methoxy groups -OCH3 is 1. The second-order valence-electron chi connectivity index (χ2n) is 2.82. The summed E-state index contributed by atoms with van der Waals surface area (Å²) in [5.41, 5.74) is 0. The minimum absolute atomic E-state index is 0.0502. The van der Waals surface area contributed by atoms with Crippen LogP contribution in [0.5, 0.6) is 0 Å². The van der Waals surface area contributed by atoms with Crippen molar-refractivity contribution >= 4 is 11.9 Å². The van der Waals surface area contributed by atoms with E-state index in [0.717, 1.165) is 0 Å². The average molecular weight is 173 g/mol. The van der Waals surface area contributed by atoms with Crippen LogP contribution in [0, 0.1) is 5.92 Å². The minimum Gasteiger partial charge on any atom is -0.469 e. The van der Waals surface area contributed by atoms with Crippen LogP contribution in [-0.2, 0) is 14.3 Å². The molecule has 70 valence electrons. The molecule has 0 rings (SSSR count). The summed E-state index contributed by atoms with van der Waals surface area (Å²) in [4.78, 5) is 23.2. The second-order valence-corrected chi connectivity index (χ2v) is 2.82. The van der Waals surface area contributed by atoms with Crippen LogP contribution in [0.25, 0.3) is 0 Å². The predicted molar refractivity (Wildman–Crippen MR) is 44.5 cm³/mol. The van der Waals surface area contributed by atoms with Crippen LogP contribution >= 0.6 is 0 Å². The van der Waals surface area contributed by atoms with Gasteiger partial charge in [-0.2, -0.15) is 0 Å². The Kier molecular flexibility index (Phi) is 4.33. The molecule has 0 saturated heterocycles. The van der Waals surface area contributed by atoms with E-state index < -0.39 is 0 Å². The van der Waals surface area contributed by atoms with Crippen LogP contribution in [-0.4, -0.2) is 37.5 Å². The van der Waals surface area contributed by atoms with Crippen molar-refractivity contribution in [3.63, 3.8) is 0 Å². The minimum atomic E-state index is -0.289. The quantitative estimate of drug-likeness (QED) is 0.576. The SMILES string of the molecule is COC(=O)C(C)CN(C)C(C)=O. The molecule has 0 aliphatic rings. The van der Waals surface area contributed by atoms with Gasteiger partial charge >= 0.3 is 5.97 Å². The fourth-order valence-electron chi connectivity index (χ4n) is 0.815. The van der Waals surface area contributed by atoms with Crippen LogP contribution in [0.3, 0.4) is 0 Å². The molecule has 4 nitrogen and oxygen atoms in total. The van der Waals surface area contributed by atoms with Gasteiger partial charge in [0.2, 0.25) is 5.91 Å². The Morgan fingerprint density at radius 2 is 2.00 bits per heavy atom. The Morgan fingerprint density at radius 1 is 1.50 bits per heavy atom. The van der Waals surface area contributed by atoms with Crippen LogP contribution in [0.2, 0.25) is 0 Å². The number of hydrogen-bond donors (Lipinski definition) is 0. The van der Waals surface area contributed by atoms with Crippen molar-refractivity contribution in [3.8, 4) is 0 Å². The molecule has 12 heavy (non-hydrogen) atoms. The number of hydrogen-bond acceptors (Lipinski definition) is 3. The molecule has 0 aromatic heterocycles. The van der Waals surface area contributed by atoms with E-state index in [0.29, 0.717) is 6.54 Å². The van der Waals surface area contributed by atoms with Gasteiger partial charge in [-0.1, -0.05) is 6.92 Å². The lowest BCUT2D eigenvalue weighted by Gasteiger charge is -2.18. The molecule has 0 heterocycles. The maximum absolute atomic E-state index is 10.9. The number of carbonyl (C=O) groups excluding carboxylic acids is 2. The zero-order valence-corrected chi connectivity index (χ0v) is 7.96. The summed E-state index contributed by atoms with van der Waals surface area (Å²) in [6.45, 7) is 3.59. The first-order valence-corrected chi connectivity index (χ1v) is 3.78. The molecule has 0 radical (unpaired) electrons. The van der Waals surface area contributed by atoms with E-state index in [1.54, 1.807) is 14.0 Å². The predicted octanol–water partition coefficient (Wildman–Crippen LogP) is 0.274. The highest BCUT2D eigenvalue weighted by Crippen LogP contribution is 2.00. The molecule has 1 amide bonds. The van der Waals surface area contributed by atoms with Gasteiger partial charge in [-0.15, -0.1) is 0 Å². The largest absolute Gasteiger partial charge is 0.469 e. The van der Waals surface area contributed by atoms with Crippen molar-refractivity contribution in [1.82, 2.24) is 4.90 Å². The van der Waals surface area contributed by atoms with Crippen molar-refractivity contribution in [2.45, 2.75) is 13.8 Å². The van der Waals surface area contributed by atoms with Crippen molar-refractivity contribution in [2.75, 3.05) is 20.7 Å². The van der Waals surface area contributed by atoms with Crippen molar-refractivity contribution in [2.24, 2.45) is 5.92 Å². The number of ether oxygens (including phenoxy) is 1. The lowest BCUT2D eigenvalue weighted by atomic mass is 10.2. The number of rotatable bonds is 3. The fourth-order valence-corrected chi connectivity index (χ4v) is 0.815. The van der Waals surface area contributed by atoms with Gasteiger partial charge in [0.1, 0.15) is 0 Å². The zero-order chi connectivity index (χ0) is 9.72. The summed E-state index contributed by atoms with van der Waals surface area (Å²) < 4.78 is 4.52. The fraction of sp³-hybridized carbons (Fsp3) is 0.750. The van der Waals surface area contributed by atoms with Crippen molar-refractivity contribution < 1.29 is 14.3 Å². The third-order valence-electron chi connectivity index (χ3n) is 1.69. The van der Waals surface area contributed by atoms with Gasteiger partial charge in [-0.05, 0) is 0 Å². The highest BCUT2D eigenvalue weighted by atomic mass is 16.5. The Hall–Kier alpha value is -1.06. The lowest BCUT2D eigenvalue weighted by Crippen LogP contribution is -2.32. The van der Waals surface area contributed by atoms with Gasteiger partial charge in [0.25, 0.3) is 0 Å². The van der Waals surface area contributed by atoms with Crippen molar-refractivity contribution in [1.29, 1.82) is 0 Å². The smallest absolute Gasteiger partial charge is 0.310 e. The first-order chi connectivity index (χ1) is 5.49. The van der Waals surface area contributed by atoms with Crippen LogP contribution < -0.4 is 0 Å². The molecule has 0 spiro atoms. The molecule has 0 aromatic rings. The van der Waals surface area contributed by atoms with E-state index in [-0.39, 0.29) is 17.8 Å². The summed E-state index contributed by atoms with van der Waals surface area (Å²) in [6.07, 6.45) is 0. The summed E-state index contributed by atoms with van der Waals surface area (Å²) in [5.74, 6) is -0.599. The summed E-state index contributed by atoms with van der Waals surface area (Å²) in [7, 11) is 2.99. The molecule has 4 heteroatoms. The van der Waals surface area contributed by atoms with E-state index in [4.69, 9.17) is 0 Å². The molecule has 1 atom stereocenters. The first-order valence-electron chi connectivity index (χ1n) is 3.78.